The molecule has 1 aromatic heterocycles. The van der Waals surface area contributed by atoms with Gasteiger partial charge >= 0.3 is 0 Å². The number of aryl methyl sites for hydroxylation is 2. The lowest BCUT2D eigenvalue weighted by molar-refractivity contribution is 0.0761. The smallest absolute Gasteiger partial charge is 0.253 e. The zero-order valence-electron chi connectivity index (χ0n) is 14.4. The van der Waals surface area contributed by atoms with E-state index in [-0.39, 0.29) is 5.91 Å². The van der Waals surface area contributed by atoms with Crippen molar-refractivity contribution in [3.05, 3.63) is 50.8 Å². The molecule has 0 N–H and O–H groups in total. The van der Waals surface area contributed by atoms with Gasteiger partial charge in [-0.2, -0.15) is 0 Å². The number of carbonyl (C=O) groups is 1. The van der Waals surface area contributed by atoms with Crippen molar-refractivity contribution in [2.45, 2.75) is 26.8 Å². The standard InChI is InChI=1S/C18H21Cl2N3O2/c1-12-15(13(2)25-21-12)11-22-6-3-7-23(9-8-22)18(24)14-4-5-16(19)17(20)10-14/h4-5,10H,3,6-9,11H2,1-2H3. The Bertz CT molecular complexity index is 756. The number of halogens is 2. The molecule has 1 aliphatic rings. The van der Waals surface area contributed by atoms with Crippen LogP contribution in [0.3, 0.4) is 0 Å². The van der Waals surface area contributed by atoms with Gasteiger partial charge in [0.25, 0.3) is 5.91 Å². The molecule has 3 rings (SSSR count). The Morgan fingerprint density at radius 1 is 1.16 bits per heavy atom. The Kier molecular flexibility index (Phi) is 5.67. The molecule has 1 aromatic carbocycles. The predicted molar refractivity (Wildman–Crippen MR) is 98.2 cm³/mol. The van der Waals surface area contributed by atoms with Crippen molar-refractivity contribution >= 4 is 29.1 Å². The normalized spacial score (nSPS) is 16.1. The third kappa shape index (κ3) is 4.17. The molecule has 25 heavy (non-hydrogen) atoms. The molecule has 5 nitrogen and oxygen atoms in total. The van der Waals surface area contributed by atoms with Gasteiger partial charge < -0.3 is 9.42 Å². The second-order valence-electron chi connectivity index (χ2n) is 6.35. The number of rotatable bonds is 3. The number of aromatic nitrogens is 1. The van der Waals surface area contributed by atoms with Gasteiger partial charge in [0.15, 0.2) is 0 Å². The largest absolute Gasteiger partial charge is 0.361 e. The lowest BCUT2D eigenvalue weighted by Crippen LogP contribution is -2.35. The number of hydrogen-bond donors (Lipinski definition) is 0. The van der Waals surface area contributed by atoms with Crippen LogP contribution in [-0.2, 0) is 6.54 Å². The molecule has 1 saturated heterocycles. The molecule has 0 unspecified atom stereocenters. The molecule has 7 heteroatoms. The van der Waals surface area contributed by atoms with Crippen molar-refractivity contribution in [1.29, 1.82) is 0 Å². The second-order valence-corrected chi connectivity index (χ2v) is 7.17. The summed E-state index contributed by atoms with van der Waals surface area (Å²) >= 11 is 12.0. The predicted octanol–water partition coefficient (Wildman–Crippen LogP) is 3.95. The summed E-state index contributed by atoms with van der Waals surface area (Å²) in [5, 5.41) is 4.88. The average Bonchev–Trinajstić information content (AvgIpc) is 2.79. The summed E-state index contributed by atoms with van der Waals surface area (Å²) in [5.41, 5.74) is 2.66. The summed E-state index contributed by atoms with van der Waals surface area (Å²) in [6.07, 6.45) is 0.927. The maximum absolute atomic E-state index is 12.7. The summed E-state index contributed by atoms with van der Waals surface area (Å²) in [5.74, 6) is 0.864. The Hall–Kier alpha value is -1.56. The van der Waals surface area contributed by atoms with E-state index < -0.39 is 0 Å². The first-order valence-electron chi connectivity index (χ1n) is 8.34. The summed E-state index contributed by atoms with van der Waals surface area (Å²) in [4.78, 5) is 17.0. The Balaban J connectivity index is 1.65. The highest BCUT2D eigenvalue weighted by Gasteiger charge is 2.22. The van der Waals surface area contributed by atoms with Crippen LogP contribution in [-0.4, -0.2) is 47.0 Å². The van der Waals surface area contributed by atoms with Crippen LogP contribution in [0.15, 0.2) is 22.7 Å². The van der Waals surface area contributed by atoms with Gasteiger partial charge in [0.1, 0.15) is 5.76 Å². The van der Waals surface area contributed by atoms with Crippen LogP contribution in [0.25, 0.3) is 0 Å². The molecule has 0 spiro atoms. The Morgan fingerprint density at radius 2 is 1.96 bits per heavy atom. The SMILES string of the molecule is Cc1noc(C)c1CN1CCCN(C(=O)c2ccc(Cl)c(Cl)c2)CC1. The zero-order chi connectivity index (χ0) is 18.0. The maximum Gasteiger partial charge on any atom is 0.253 e. The van der Waals surface area contributed by atoms with E-state index in [1.165, 1.54) is 0 Å². The van der Waals surface area contributed by atoms with Gasteiger partial charge in [-0.15, -0.1) is 0 Å². The van der Waals surface area contributed by atoms with Crippen LogP contribution >= 0.6 is 23.2 Å². The summed E-state index contributed by atoms with van der Waals surface area (Å²) in [6.45, 7) is 7.87. The van der Waals surface area contributed by atoms with E-state index in [1.54, 1.807) is 18.2 Å². The first-order chi connectivity index (χ1) is 12.0. The highest BCUT2D eigenvalue weighted by molar-refractivity contribution is 6.42. The molecular formula is C18H21Cl2N3O2. The zero-order valence-corrected chi connectivity index (χ0v) is 15.9. The van der Waals surface area contributed by atoms with Crippen LogP contribution in [0.4, 0.5) is 0 Å². The fourth-order valence-electron chi connectivity index (χ4n) is 3.10. The van der Waals surface area contributed by atoms with Crippen LogP contribution in [0.1, 0.15) is 33.8 Å². The van der Waals surface area contributed by atoms with Crippen molar-refractivity contribution in [2.24, 2.45) is 0 Å². The number of hydrogen-bond acceptors (Lipinski definition) is 4. The van der Waals surface area contributed by atoms with E-state index in [9.17, 15) is 4.79 Å². The first kappa shape index (κ1) is 18.2. The molecule has 134 valence electrons. The molecule has 2 aromatic rings. The van der Waals surface area contributed by atoms with Crippen LogP contribution < -0.4 is 0 Å². The minimum absolute atomic E-state index is 0.00208. The Labute approximate surface area is 157 Å². The van der Waals surface area contributed by atoms with Gasteiger partial charge in [-0.25, -0.2) is 0 Å². The van der Waals surface area contributed by atoms with E-state index in [4.69, 9.17) is 27.7 Å². The molecule has 2 heterocycles. The molecular weight excluding hydrogens is 361 g/mol. The lowest BCUT2D eigenvalue weighted by Gasteiger charge is -2.22. The van der Waals surface area contributed by atoms with E-state index in [0.717, 1.165) is 49.6 Å². The van der Waals surface area contributed by atoms with Gasteiger partial charge in [-0.05, 0) is 38.5 Å². The molecule has 0 saturated carbocycles. The van der Waals surface area contributed by atoms with Crippen LogP contribution in [0, 0.1) is 13.8 Å². The van der Waals surface area contributed by atoms with E-state index in [2.05, 4.69) is 10.1 Å². The summed E-state index contributed by atoms with van der Waals surface area (Å²) < 4.78 is 5.24. The van der Waals surface area contributed by atoms with Crippen molar-refractivity contribution in [2.75, 3.05) is 26.2 Å². The maximum atomic E-state index is 12.7. The lowest BCUT2D eigenvalue weighted by atomic mass is 10.2. The van der Waals surface area contributed by atoms with Gasteiger partial charge in [0, 0.05) is 43.9 Å². The van der Waals surface area contributed by atoms with Crippen molar-refractivity contribution in [1.82, 2.24) is 15.0 Å². The van der Waals surface area contributed by atoms with Crippen molar-refractivity contribution in [3.63, 3.8) is 0 Å². The minimum atomic E-state index is -0.00208. The highest BCUT2D eigenvalue weighted by atomic mass is 35.5. The monoisotopic (exact) mass is 381 g/mol. The molecule has 0 aliphatic carbocycles. The Morgan fingerprint density at radius 3 is 2.64 bits per heavy atom. The van der Waals surface area contributed by atoms with Gasteiger partial charge in [-0.1, -0.05) is 28.4 Å². The van der Waals surface area contributed by atoms with Crippen LogP contribution in [0.5, 0.6) is 0 Å². The fraction of sp³-hybridized carbons (Fsp3) is 0.444. The second kappa shape index (κ2) is 7.77. The van der Waals surface area contributed by atoms with E-state index >= 15 is 0 Å². The van der Waals surface area contributed by atoms with Crippen LogP contribution in [0.2, 0.25) is 10.0 Å². The van der Waals surface area contributed by atoms with E-state index in [1.807, 2.05) is 18.7 Å². The first-order valence-corrected chi connectivity index (χ1v) is 9.09. The molecule has 1 fully saturated rings. The third-order valence-electron chi connectivity index (χ3n) is 4.61. The summed E-state index contributed by atoms with van der Waals surface area (Å²) in [7, 11) is 0. The van der Waals surface area contributed by atoms with Gasteiger partial charge in [0.05, 0.1) is 15.7 Å². The van der Waals surface area contributed by atoms with Gasteiger partial charge in [0.2, 0.25) is 0 Å². The average molecular weight is 382 g/mol. The van der Waals surface area contributed by atoms with Gasteiger partial charge in [-0.3, -0.25) is 9.69 Å². The number of carbonyl (C=O) groups excluding carboxylic acids is 1. The topological polar surface area (TPSA) is 49.6 Å². The molecule has 0 radical (unpaired) electrons. The quantitative estimate of drug-likeness (QED) is 0.807. The number of amides is 1. The molecule has 0 bridgehead atoms. The van der Waals surface area contributed by atoms with Crippen molar-refractivity contribution in [3.8, 4) is 0 Å². The fourth-order valence-corrected chi connectivity index (χ4v) is 3.39. The number of benzene rings is 1. The molecule has 0 atom stereocenters. The van der Waals surface area contributed by atoms with E-state index in [0.29, 0.717) is 22.2 Å². The summed E-state index contributed by atoms with van der Waals surface area (Å²) in [6, 6.07) is 5.03. The number of nitrogens with zero attached hydrogens (tertiary/aromatic N) is 3. The third-order valence-corrected chi connectivity index (χ3v) is 5.34. The molecule has 1 aliphatic heterocycles. The minimum Gasteiger partial charge on any atom is -0.361 e. The highest BCUT2D eigenvalue weighted by Crippen LogP contribution is 2.24. The molecule has 1 amide bonds. The van der Waals surface area contributed by atoms with Crippen molar-refractivity contribution < 1.29 is 9.32 Å².